The van der Waals surface area contributed by atoms with Crippen molar-refractivity contribution in [2.24, 2.45) is 0 Å². The highest BCUT2D eigenvalue weighted by atomic mass is 16.6. The first-order valence-electron chi connectivity index (χ1n) is 14.0. The molecule has 3 aliphatic rings. The Bertz CT molecular complexity index is 1370. The lowest BCUT2D eigenvalue weighted by Crippen LogP contribution is -2.42. The van der Waals surface area contributed by atoms with Gasteiger partial charge >= 0.3 is 6.03 Å². The Morgan fingerprint density at radius 1 is 1.26 bits per heavy atom. The number of urea groups is 1. The first kappa shape index (κ1) is 29.4. The molecule has 13 nitrogen and oxygen atoms in total. The fourth-order valence-electron chi connectivity index (χ4n) is 5.43. The monoisotopic (exact) mass is 578 g/mol. The quantitative estimate of drug-likeness (QED) is 0.462. The first-order valence-corrected chi connectivity index (χ1v) is 14.0. The van der Waals surface area contributed by atoms with Crippen LogP contribution in [0.5, 0.6) is 5.75 Å². The highest BCUT2D eigenvalue weighted by Gasteiger charge is 2.31. The van der Waals surface area contributed by atoms with Gasteiger partial charge in [-0.3, -0.25) is 19.8 Å². The molecule has 0 unspecified atom stereocenters. The minimum Gasteiger partial charge on any atom is -0.484 e. The fraction of sp³-hybridized carbons (Fsp3) is 0.517. The third-order valence-corrected chi connectivity index (χ3v) is 7.67. The number of amides is 3. The maximum atomic E-state index is 13.4. The number of nitrogens with zero attached hydrogens (tertiary/aromatic N) is 5. The Balaban J connectivity index is 1.32. The number of aryl methyl sites for hydroxylation is 1. The summed E-state index contributed by atoms with van der Waals surface area (Å²) in [5, 5.41) is 12.3. The van der Waals surface area contributed by atoms with E-state index < -0.39 is 18.2 Å². The van der Waals surface area contributed by atoms with Crippen LogP contribution in [0.1, 0.15) is 52.9 Å². The van der Waals surface area contributed by atoms with Gasteiger partial charge in [0.25, 0.3) is 5.91 Å². The second kappa shape index (κ2) is 13.2. The van der Waals surface area contributed by atoms with Crippen molar-refractivity contribution < 1.29 is 33.3 Å². The standard InChI is InChI=1S/C29H34N6O7/c1-34(28(37)23-6-4-9-41-23)15-19-11-18-5-3-8-35(27(18)32-21(19)16-36)29(38)33-26-12-24(20(13-30)14-31-26)42-25-17-40-10-7-22(25)39-2/h11-12,14,16,22-23,25H,3-10,15,17H2,1-2H3,(H,31,33,38)/t22-,23-,25-/m1/s1. The number of likely N-dealkylation sites (N-methyl/N-ethyl adjacent to an activating group) is 1. The van der Waals surface area contributed by atoms with Crippen molar-refractivity contribution in [2.75, 3.05) is 50.7 Å². The molecule has 0 aliphatic carbocycles. The molecule has 42 heavy (non-hydrogen) atoms. The van der Waals surface area contributed by atoms with E-state index in [4.69, 9.17) is 18.9 Å². The molecule has 2 aromatic heterocycles. The van der Waals surface area contributed by atoms with Crippen molar-refractivity contribution in [2.45, 2.75) is 57.0 Å². The Labute approximate surface area is 243 Å². The van der Waals surface area contributed by atoms with Crippen LogP contribution in [0.25, 0.3) is 0 Å². The predicted octanol–water partition coefficient (Wildman–Crippen LogP) is 2.47. The molecular weight excluding hydrogens is 544 g/mol. The average molecular weight is 579 g/mol. The van der Waals surface area contributed by atoms with Gasteiger partial charge in [-0.25, -0.2) is 14.8 Å². The van der Waals surface area contributed by atoms with E-state index in [1.165, 1.54) is 17.2 Å². The number of anilines is 2. The lowest BCUT2D eigenvalue weighted by Gasteiger charge is -2.31. The van der Waals surface area contributed by atoms with Gasteiger partial charge in [-0.05, 0) is 37.3 Å². The molecule has 1 N–H and O–H groups in total. The van der Waals surface area contributed by atoms with Gasteiger partial charge < -0.3 is 23.8 Å². The van der Waals surface area contributed by atoms with Crippen LogP contribution in [-0.4, -0.2) is 91.9 Å². The van der Waals surface area contributed by atoms with Gasteiger partial charge in [0.15, 0.2) is 6.29 Å². The third-order valence-electron chi connectivity index (χ3n) is 7.67. The van der Waals surface area contributed by atoms with Crippen LogP contribution in [0.4, 0.5) is 16.4 Å². The molecule has 0 aromatic carbocycles. The SMILES string of the molecule is CO[C@@H]1CCOC[C@H]1Oc1cc(NC(=O)N2CCCc3cc(CN(C)C(=O)[C@H]4CCCO4)c(C=O)nc32)ncc1C#N. The second-order valence-corrected chi connectivity index (χ2v) is 10.5. The van der Waals surface area contributed by atoms with Crippen molar-refractivity contribution >= 4 is 29.9 Å². The number of ether oxygens (including phenoxy) is 4. The maximum Gasteiger partial charge on any atom is 0.328 e. The van der Waals surface area contributed by atoms with E-state index >= 15 is 0 Å². The molecular formula is C29H34N6O7. The average Bonchev–Trinajstić information content (AvgIpc) is 3.55. The summed E-state index contributed by atoms with van der Waals surface area (Å²) in [6.45, 7) is 2.02. The summed E-state index contributed by atoms with van der Waals surface area (Å²) >= 11 is 0. The minimum atomic E-state index is -0.488. The predicted molar refractivity (Wildman–Crippen MR) is 149 cm³/mol. The zero-order chi connectivity index (χ0) is 29.6. The Morgan fingerprint density at radius 2 is 2.12 bits per heavy atom. The van der Waals surface area contributed by atoms with Gasteiger partial charge in [0, 0.05) is 58.5 Å². The van der Waals surface area contributed by atoms with E-state index in [2.05, 4.69) is 21.4 Å². The fourth-order valence-corrected chi connectivity index (χ4v) is 5.43. The van der Waals surface area contributed by atoms with Crippen LogP contribution in [0.15, 0.2) is 18.3 Å². The van der Waals surface area contributed by atoms with E-state index in [-0.39, 0.29) is 41.4 Å². The maximum absolute atomic E-state index is 13.4. The number of aromatic nitrogens is 2. The third kappa shape index (κ3) is 6.35. The van der Waals surface area contributed by atoms with Gasteiger partial charge in [0.05, 0.1) is 18.9 Å². The van der Waals surface area contributed by atoms with E-state index in [9.17, 15) is 19.6 Å². The number of pyridine rings is 2. The van der Waals surface area contributed by atoms with E-state index in [1.807, 2.05) is 6.07 Å². The first-order chi connectivity index (χ1) is 20.4. The molecule has 0 saturated carbocycles. The van der Waals surface area contributed by atoms with E-state index in [1.54, 1.807) is 19.1 Å². The highest BCUT2D eigenvalue weighted by Crippen LogP contribution is 2.30. The topological polar surface area (TPSA) is 156 Å². The van der Waals surface area contributed by atoms with Crippen LogP contribution in [-0.2, 0) is 32.0 Å². The summed E-state index contributed by atoms with van der Waals surface area (Å²) < 4.78 is 22.6. The van der Waals surface area contributed by atoms with Gasteiger partial charge in [-0.2, -0.15) is 5.26 Å². The molecule has 3 aliphatic heterocycles. The molecule has 0 spiro atoms. The Kier molecular flexibility index (Phi) is 9.26. The van der Waals surface area contributed by atoms with Crippen LogP contribution >= 0.6 is 0 Å². The second-order valence-electron chi connectivity index (χ2n) is 10.5. The molecule has 222 valence electrons. The zero-order valence-electron chi connectivity index (χ0n) is 23.7. The largest absolute Gasteiger partial charge is 0.484 e. The van der Waals surface area contributed by atoms with Gasteiger partial charge in [-0.1, -0.05) is 0 Å². The molecule has 5 rings (SSSR count). The van der Waals surface area contributed by atoms with Crippen molar-refractivity contribution in [1.29, 1.82) is 5.26 Å². The smallest absolute Gasteiger partial charge is 0.328 e. The molecule has 13 heteroatoms. The summed E-state index contributed by atoms with van der Waals surface area (Å²) in [6, 6.07) is 4.91. The molecule has 2 fully saturated rings. The molecule has 5 heterocycles. The summed E-state index contributed by atoms with van der Waals surface area (Å²) in [4.78, 5) is 49.9. The van der Waals surface area contributed by atoms with Crippen LogP contribution in [0.3, 0.4) is 0 Å². The van der Waals surface area contributed by atoms with Crippen LogP contribution in [0, 0.1) is 11.3 Å². The normalized spacial score (nSPS) is 21.6. The Hall–Kier alpha value is -4.12. The molecule has 3 amide bonds. The van der Waals surface area contributed by atoms with E-state index in [0.717, 1.165) is 12.0 Å². The summed E-state index contributed by atoms with van der Waals surface area (Å²) in [5.74, 6) is 0.695. The van der Waals surface area contributed by atoms with Crippen LogP contribution < -0.4 is 15.0 Å². The number of methoxy groups -OCH3 is 1. The molecule has 0 radical (unpaired) electrons. The number of hydrogen-bond acceptors (Lipinski definition) is 10. The van der Waals surface area contributed by atoms with Crippen molar-refractivity contribution in [3.63, 3.8) is 0 Å². The van der Waals surface area contributed by atoms with Gasteiger partial charge in [-0.15, -0.1) is 0 Å². The van der Waals surface area contributed by atoms with Crippen molar-refractivity contribution in [3.05, 3.63) is 40.7 Å². The molecule has 0 bridgehead atoms. The highest BCUT2D eigenvalue weighted by molar-refractivity contribution is 6.01. The van der Waals surface area contributed by atoms with Gasteiger partial charge in [0.1, 0.15) is 46.9 Å². The number of carbonyl (C=O) groups excluding carboxylic acids is 3. The number of aldehydes is 1. The minimum absolute atomic E-state index is 0.130. The van der Waals surface area contributed by atoms with Crippen LogP contribution in [0.2, 0.25) is 0 Å². The number of carbonyl (C=O) groups is 3. The molecule has 2 saturated heterocycles. The molecule has 3 atom stereocenters. The Morgan fingerprint density at radius 3 is 2.86 bits per heavy atom. The summed E-state index contributed by atoms with van der Waals surface area (Å²) in [5.41, 5.74) is 1.78. The number of fused-ring (bicyclic) bond motifs is 1. The number of rotatable bonds is 8. The number of nitriles is 1. The lowest BCUT2D eigenvalue weighted by atomic mass is 10.0. The molecule has 2 aromatic rings. The summed E-state index contributed by atoms with van der Waals surface area (Å²) in [7, 11) is 3.28. The van der Waals surface area contributed by atoms with Crippen molar-refractivity contribution in [1.82, 2.24) is 14.9 Å². The van der Waals surface area contributed by atoms with Crippen molar-refractivity contribution in [3.8, 4) is 11.8 Å². The lowest BCUT2D eigenvalue weighted by molar-refractivity contribution is -0.140. The zero-order valence-corrected chi connectivity index (χ0v) is 23.7. The van der Waals surface area contributed by atoms with Gasteiger partial charge in [0.2, 0.25) is 0 Å². The number of nitrogens with one attached hydrogen (secondary N) is 1. The van der Waals surface area contributed by atoms with E-state index in [0.29, 0.717) is 69.7 Å². The number of hydrogen-bond donors (Lipinski definition) is 1. The summed E-state index contributed by atoms with van der Waals surface area (Å²) in [6.07, 6.45) is 4.43.